The molecule has 35 heavy (non-hydrogen) atoms. The lowest BCUT2D eigenvalue weighted by Crippen LogP contribution is -2.49. The minimum Gasteiger partial charge on any atom is -0.486 e. The van der Waals surface area contributed by atoms with Crippen LogP contribution >= 0.6 is 23.4 Å². The summed E-state index contributed by atoms with van der Waals surface area (Å²) in [4.78, 5) is 29.4. The minimum absolute atomic E-state index is 0.109. The number of hydrogen-bond acceptors (Lipinski definition) is 5. The van der Waals surface area contributed by atoms with Crippen molar-refractivity contribution < 1.29 is 19.1 Å². The Morgan fingerprint density at radius 2 is 1.80 bits per heavy atom. The predicted octanol–water partition coefficient (Wildman–Crippen LogP) is 4.94. The molecule has 5 rings (SSSR count). The zero-order chi connectivity index (χ0) is 24.4. The Bertz CT molecular complexity index is 1250. The van der Waals surface area contributed by atoms with Gasteiger partial charge >= 0.3 is 0 Å². The van der Waals surface area contributed by atoms with Crippen molar-refractivity contribution in [3.05, 3.63) is 83.4 Å². The smallest absolute Gasteiger partial charge is 0.241 e. The Hall–Kier alpha value is -3.16. The highest BCUT2D eigenvalue weighted by Gasteiger charge is 2.39. The summed E-state index contributed by atoms with van der Waals surface area (Å²) in [6, 6.07) is 22.7. The highest BCUT2D eigenvalue weighted by molar-refractivity contribution is 8.01. The molecule has 2 aliphatic heterocycles. The van der Waals surface area contributed by atoms with E-state index in [1.165, 1.54) is 11.8 Å². The van der Waals surface area contributed by atoms with Crippen molar-refractivity contribution in [2.24, 2.45) is 5.92 Å². The number of nitrogens with one attached hydrogen (secondary N) is 1. The van der Waals surface area contributed by atoms with E-state index < -0.39 is 11.2 Å². The van der Waals surface area contributed by atoms with E-state index in [0.29, 0.717) is 36.2 Å². The molecule has 3 aromatic rings. The van der Waals surface area contributed by atoms with Gasteiger partial charge in [0.05, 0.1) is 24.7 Å². The number of thioether (sulfide) groups is 1. The molecule has 0 unspecified atom stereocenters. The van der Waals surface area contributed by atoms with E-state index in [-0.39, 0.29) is 17.9 Å². The fourth-order valence-electron chi connectivity index (χ4n) is 4.19. The van der Waals surface area contributed by atoms with Crippen LogP contribution in [0.2, 0.25) is 5.02 Å². The topological polar surface area (TPSA) is 67.9 Å². The van der Waals surface area contributed by atoms with Gasteiger partial charge in [0.25, 0.3) is 0 Å². The zero-order valence-corrected chi connectivity index (χ0v) is 20.7. The molecule has 8 heteroatoms. The van der Waals surface area contributed by atoms with Crippen molar-refractivity contribution in [2.75, 3.05) is 18.1 Å². The second-order valence-corrected chi connectivity index (χ2v) is 10.1. The van der Waals surface area contributed by atoms with Gasteiger partial charge in [-0.2, -0.15) is 0 Å². The van der Waals surface area contributed by atoms with Gasteiger partial charge in [-0.3, -0.25) is 9.59 Å². The van der Waals surface area contributed by atoms with Gasteiger partial charge in [0, 0.05) is 9.92 Å². The normalized spacial score (nSPS) is 19.6. The van der Waals surface area contributed by atoms with Gasteiger partial charge in [-0.05, 0) is 35.9 Å². The summed E-state index contributed by atoms with van der Waals surface area (Å²) >= 11 is 7.82. The summed E-state index contributed by atoms with van der Waals surface area (Å²) in [5, 5.41) is 3.00. The number of benzene rings is 3. The van der Waals surface area contributed by atoms with Crippen LogP contribution in [-0.4, -0.2) is 36.3 Å². The van der Waals surface area contributed by atoms with Gasteiger partial charge in [-0.15, -0.1) is 11.8 Å². The Morgan fingerprint density at radius 1 is 1.09 bits per heavy atom. The van der Waals surface area contributed by atoms with E-state index in [9.17, 15) is 9.59 Å². The van der Waals surface area contributed by atoms with Crippen LogP contribution in [-0.2, 0) is 16.1 Å². The molecule has 2 heterocycles. The van der Waals surface area contributed by atoms with Crippen LogP contribution in [0, 0.1) is 5.92 Å². The largest absolute Gasteiger partial charge is 0.486 e. The van der Waals surface area contributed by atoms with E-state index in [1.807, 2.05) is 72.8 Å². The molecule has 3 aromatic carbocycles. The van der Waals surface area contributed by atoms with Crippen molar-refractivity contribution in [1.82, 2.24) is 5.32 Å². The van der Waals surface area contributed by atoms with Crippen LogP contribution in [0.1, 0.15) is 12.5 Å². The zero-order valence-electron chi connectivity index (χ0n) is 19.1. The molecule has 0 saturated carbocycles. The first-order valence-electron chi connectivity index (χ1n) is 11.5. The molecule has 0 saturated heterocycles. The number of anilines is 1. The first-order chi connectivity index (χ1) is 17.0. The highest BCUT2D eigenvalue weighted by atomic mass is 35.5. The maximum absolute atomic E-state index is 13.6. The molecule has 2 amide bonds. The summed E-state index contributed by atoms with van der Waals surface area (Å²) in [6.45, 7) is 2.78. The Morgan fingerprint density at radius 3 is 2.63 bits per heavy atom. The fourth-order valence-corrected chi connectivity index (χ4v) is 5.67. The second kappa shape index (κ2) is 10.2. The number of nitrogens with zero attached hydrogens (tertiary/aromatic N) is 1. The first-order valence-corrected chi connectivity index (χ1v) is 12.7. The molecule has 0 radical (unpaired) electrons. The summed E-state index contributed by atoms with van der Waals surface area (Å²) < 4.78 is 11.7. The van der Waals surface area contributed by atoms with Crippen molar-refractivity contribution in [3.8, 4) is 11.5 Å². The first kappa shape index (κ1) is 23.6. The number of hydrogen-bond donors (Lipinski definition) is 1. The van der Waals surface area contributed by atoms with E-state index in [1.54, 1.807) is 11.8 Å². The third-order valence-corrected chi connectivity index (χ3v) is 7.98. The van der Waals surface area contributed by atoms with Crippen LogP contribution < -0.4 is 19.7 Å². The van der Waals surface area contributed by atoms with E-state index in [4.69, 9.17) is 21.1 Å². The summed E-state index contributed by atoms with van der Waals surface area (Å²) in [5.74, 6) is 0.505. The van der Waals surface area contributed by atoms with Crippen molar-refractivity contribution in [2.45, 2.75) is 29.7 Å². The molecule has 180 valence electrons. The maximum Gasteiger partial charge on any atom is 0.241 e. The SMILES string of the molecule is C[C@H](C(=O)NC[C@H]1COc2ccccc2O1)[C@@H]1Sc2ccccc2N(Cc2ccccc2Cl)C1=O. The number of rotatable bonds is 6. The number of fused-ring (bicyclic) bond motifs is 2. The fraction of sp³-hybridized carbons (Fsp3) is 0.259. The molecule has 0 aromatic heterocycles. The molecule has 6 nitrogen and oxygen atoms in total. The van der Waals surface area contributed by atoms with Crippen LogP contribution in [0.3, 0.4) is 0 Å². The van der Waals surface area contributed by atoms with Gasteiger partial charge in [-0.1, -0.05) is 61.0 Å². The lowest BCUT2D eigenvalue weighted by Gasteiger charge is -2.36. The highest BCUT2D eigenvalue weighted by Crippen LogP contribution is 2.42. The Kier molecular flexibility index (Phi) is 6.88. The monoisotopic (exact) mass is 508 g/mol. The van der Waals surface area contributed by atoms with Crippen LogP contribution in [0.15, 0.2) is 77.7 Å². The van der Waals surface area contributed by atoms with Gasteiger partial charge in [0.1, 0.15) is 18.0 Å². The summed E-state index contributed by atoms with van der Waals surface area (Å²) in [5.41, 5.74) is 1.69. The van der Waals surface area contributed by atoms with Crippen molar-refractivity contribution >= 4 is 40.9 Å². The average Bonchev–Trinajstić information content (AvgIpc) is 2.89. The number of carbonyl (C=O) groups is 2. The lowest BCUT2D eigenvalue weighted by atomic mass is 10.0. The van der Waals surface area contributed by atoms with Crippen molar-refractivity contribution in [1.29, 1.82) is 0 Å². The van der Waals surface area contributed by atoms with Crippen LogP contribution in [0.25, 0.3) is 0 Å². The standard InChI is InChI=1S/C27H25ClN2O4S/c1-17(26(31)29-14-19-16-33-22-11-5-6-12-23(22)34-19)25-27(32)30(15-18-8-2-3-9-20(18)28)21-10-4-7-13-24(21)35-25/h2-13,17,19,25H,14-16H2,1H3,(H,29,31)/t17-,19-,25-/m0/s1. The van der Waals surface area contributed by atoms with E-state index in [0.717, 1.165) is 16.1 Å². The summed E-state index contributed by atoms with van der Waals surface area (Å²) in [7, 11) is 0. The predicted molar refractivity (Wildman–Crippen MR) is 137 cm³/mol. The molecule has 0 fully saturated rings. The number of halogens is 1. The third kappa shape index (κ3) is 4.97. The molecular formula is C27H25ClN2O4S. The molecule has 2 aliphatic rings. The number of carbonyl (C=O) groups excluding carboxylic acids is 2. The van der Waals surface area contributed by atoms with Crippen LogP contribution in [0.4, 0.5) is 5.69 Å². The maximum atomic E-state index is 13.6. The van der Waals surface area contributed by atoms with E-state index >= 15 is 0 Å². The number of para-hydroxylation sites is 3. The molecule has 0 aliphatic carbocycles. The molecule has 1 N–H and O–H groups in total. The molecule has 3 atom stereocenters. The second-order valence-electron chi connectivity index (χ2n) is 8.55. The van der Waals surface area contributed by atoms with Gasteiger partial charge in [-0.25, -0.2) is 0 Å². The van der Waals surface area contributed by atoms with Gasteiger partial charge in [0.15, 0.2) is 11.5 Å². The van der Waals surface area contributed by atoms with Gasteiger partial charge in [0.2, 0.25) is 11.8 Å². The van der Waals surface area contributed by atoms with Crippen molar-refractivity contribution in [3.63, 3.8) is 0 Å². The number of ether oxygens (including phenoxy) is 2. The molecular weight excluding hydrogens is 484 g/mol. The Labute approximate surface area is 213 Å². The molecule has 0 bridgehead atoms. The molecule has 0 spiro atoms. The third-order valence-electron chi connectivity index (χ3n) is 6.14. The quantitative estimate of drug-likeness (QED) is 0.511. The number of amides is 2. The van der Waals surface area contributed by atoms with Crippen LogP contribution in [0.5, 0.6) is 11.5 Å². The Balaban J connectivity index is 1.28. The average molecular weight is 509 g/mol. The van der Waals surface area contributed by atoms with Gasteiger partial charge < -0.3 is 19.7 Å². The lowest BCUT2D eigenvalue weighted by molar-refractivity contribution is -0.128. The summed E-state index contributed by atoms with van der Waals surface area (Å²) in [6.07, 6.45) is -0.298. The van der Waals surface area contributed by atoms with E-state index in [2.05, 4.69) is 5.32 Å². The minimum atomic E-state index is -0.559.